The van der Waals surface area contributed by atoms with E-state index in [1.165, 1.54) is 88.1 Å². The van der Waals surface area contributed by atoms with Gasteiger partial charge in [-0.1, -0.05) is 64.1 Å². The first-order valence-corrected chi connectivity index (χ1v) is 13.3. The summed E-state index contributed by atoms with van der Waals surface area (Å²) < 4.78 is 0. The van der Waals surface area contributed by atoms with Crippen LogP contribution in [0, 0.1) is 11.8 Å². The number of rotatable bonds is 14. The molecule has 1 saturated heterocycles. The van der Waals surface area contributed by atoms with Crippen molar-refractivity contribution in [1.82, 2.24) is 20.0 Å². The Labute approximate surface area is 203 Å². The minimum Gasteiger partial charge on any atom is -0.313 e. The molecule has 0 spiro atoms. The molecule has 1 N–H and O–H groups in total. The molecular weight excluding hydrogens is 404 g/mol. The average Bonchev–Trinajstić information content (AvgIpc) is 2.79. The van der Waals surface area contributed by atoms with Crippen LogP contribution in [-0.2, 0) is 6.54 Å². The summed E-state index contributed by atoms with van der Waals surface area (Å²) in [5.41, 5.74) is 1.38. The van der Waals surface area contributed by atoms with E-state index in [0.717, 1.165) is 24.9 Å². The van der Waals surface area contributed by atoms with Crippen LogP contribution in [0.2, 0.25) is 0 Å². The quantitative estimate of drug-likeness (QED) is 0.410. The van der Waals surface area contributed by atoms with Gasteiger partial charge in [0.15, 0.2) is 0 Å². The highest BCUT2D eigenvalue weighted by molar-refractivity contribution is 5.82. The third-order valence-corrected chi connectivity index (χ3v) is 6.63. The lowest BCUT2D eigenvalue weighted by molar-refractivity contribution is 0.123. The third kappa shape index (κ3) is 9.74. The molecule has 0 saturated carbocycles. The van der Waals surface area contributed by atoms with E-state index in [2.05, 4.69) is 90.2 Å². The van der Waals surface area contributed by atoms with Crippen LogP contribution in [0.5, 0.6) is 0 Å². The molecule has 3 rings (SSSR count). The van der Waals surface area contributed by atoms with Crippen LogP contribution in [0.3, 0.4) is 0 Å². The molecule has 4 heteroatoms. The molecule has 0 radical (unpaired) electrons. The minimum absolute atomic E-state index is 0.759. The standard InChI is InChI=1S/C29H48N4/c1-25(2)23-33(24-26(3)4)16-8-15-32-19-17-31(18-20-32)14-7-13-30-22-27-11-12-28-9-5-6-10-29(28)21-27/h5-6,9-12,21,25-26,30H,7-8,13-20,22-24H2,1-4H3. The normalized spacial score (nSPS) is 16.0. The van der Waals surface area contributed by atoms with Crippen molar-refractivity contribution >= 4 is 10.8 Å². The van der Waals surface area contributed by atoms with Gasteiger partial charge in [-0.15, -0.1) is 0 Å². The van der Waals surface area contributed by atoms with Crippen molar-refractivity contribution in [3.63, 3.8) is 0 Å². The summed E-state index contributed by atoms with van der Waals surface area (Å²) in [5.74, 6) is 1.52. The Balaban J connectivity index is 1.24. The molecule has 1 aliphatic rings. The molecule has 184 valence electrons. The maximum Gasteiger partial charge on any atom is 0.0205 e. The van der Waals surface area contributed by atoms with Gasteiger partial charge in [0.1, 0.15) is 0 Å². The Morgan fingerprint density at radius 1 is 0.788 bits per heavy atom. The molecule has 33 heavy (non-hydrogen) atoms. The van der Waals surface area contributed by atoms with Crippen LogP contribution >= 0.6 is 0 Å². The van der Waals surface area contributed by atoms with Gasteiger partial charge >= 0.3 is 0 Å². The second-order valence-corrected chi connectivity index (χ2v) is 10.8. The molecule has 0 aromatic heterocycles. The number of fused-ring (bicyclic) bond motifs is 1. The molecule has 4 nitrogen and oxygen atoms in total. The van der Waals surface area contributed by atoms with Gasteiger partial charge in [-0.05, 0) is 73.3 Å². The lowest BCUT2D eigenvalue weighted by Crippen LogP contribution is -2.47. The number of nitrogens with one attached hydrogen (secondary N) is 1. The van der Waals surface area contributed by atoms with Crippen LogP contribution < -0.4 is 5.32 Å². The molecule has 0 amide bonds. The summed E-state index contributed by atoms with van der Waals surface area (Å²) >= 11 is 0. The zero-order valence-corrected chi connectivity index (χ0v) is 21.7. The van der Waals surface area contributed by atoms with Crippen LogP contribution in [-0.4, -0.2) is 80.1 Å². The van der Waals surface area contributed by atoms with E-state index in [1.807, 2.05) is 0 Å². The summed E-state index contributed by atoms with van der Waals surface area (Å²) in [4.78, 5) is 8.01. The highest BCUT2D eigenvalue weighted by Gasteiger charge is 2.17. The largest absolute Gasteiger partial charge is 0.313 e. The summed E-state index contributed by atoms with van der Waals surface area (Å²) in [6, 6.07) is 15.4. The molecule has 0 bridgehead atoms. The second-order valence-electron chi connectivity index (χ2n) is 10.8. The van der Waals surface area contributed by atoms with Crippen LogP contribution in [0.4, 0.5) is 0 Å². The fraction of sp³-hybridized carbons (Fsp3) is 0.655. The van der Waals surface area contributed by atoms with E-state index in [4.69, 9.17) is 0 Å². The summed E-state index contributed by atoms with van der Waals surface area (Å²) in [5, 5.41) is 6.30. The predicted octanol–water partition coefficient (Wildman–Crippen LogP) is 4.94. The maximum atomic E-state index is 3.64. The van der Waals surface area contributed by atoms with Gasteiger partial charge in [-0.25, -0.2) is 0 Å². The molecule has 1 heterocycles. The second kappa shape index (κ2) is 14.1. The van der Waals surface area contributed by atoms with Crippen molar-refractivity contribution in [1.29, 1.82) is 0 Å². The van der Waals surface area contributed by atoms with Crippen LogP contribution in [0.1, 0.15) is 46.1 Å². The van der Waals surface area contributed by atoms with Crippen molar-refractivity contribution in [2.24, 2.45) is 11.8 Å². The van der Waals surface area contributed by atoms with Crippen LogP contribution in [0.15, 0.2) is 42.5 Å². The van der Waals surface area contributed by atoms with Gasteiger partial charge < -0.3 is 20.0 Å². The number of benzene rings is 2. The summed E-state index contributed by atoms with van der Waals surface area (Å²) in [7, 11) is 0. The molecule has 2 aromatic rings. The summed E-state index contributed by atoms with van der Waals surface area (Å²) in [6.07, 6.45) is 2.53. The molecular formula is C29H48N4. The highest BCUT2D eigenvalue weighted by atomic mass is 15.3. The Hall–Kier alpha value is -1.46. The lowest BCUT2D eigenvalue weighted by Gasteiger charge is -2.35. The van der Waals surface area contributed by atoms with Crippen LogP contribution in [0.25, 0.3) is 10.8 Å². The maximum absolute atomic E-state index is 3.64. The van der Waals surface area contributed by atoms with Gasteiger partial charge in [0.25, 0.3) is 0 Å². The van der Waals surface area contributed by atoms with E-state index in [0.29, 0.717) is 0 Å². The van der Waals surface area contributed by atoms with Crippen molar-refractivity contribution in [2.45, 2.75) is 47.1 Å². The predicted molar refractivity (Wildman–Crippen MR) is 144 cm³/mol. The summed E-state index contributed by atoms with van der Waals surface area (Å²) in [6.45, 7) is 22.5. The van der Waals surface area contributed by atoms with Crippen molar-refractivity contribution in [3.05, 3.63) is 48.0 Å². The first-order valence-electron chi connectivity index (χ1n) is 13.3. The van der Waals surface area contributed by atoms with E-state index < -0.39 is 0 Å². The molecule has 1 fully saturated rings. The lowest BCUT2D eigenvalue weighted by atomic mass is 10.1. The van der Waals surface area contributed by atoms with E-state index >= 15 is 0 Å². The Morgan fingerprint density at radius 2 is 1.39 bits per heavy atom. The highest BCUT2D eigenvalue weighted by Crippen LogP contribution is 2.15. The Kier molecular flexibility index (Phi) is 11.1. The van der Waals surface area contributed by atoms with Crippen molar-refractivity contribution < 1.29 is 0 Å². The molecule has 2 aromatic carbocycles. The number of piperazine rings is 1. The molecule has 1 aliphatic heterocycles. The molecule has 0 unspecified atom stereocenters. The van der Waals surface area contributed by atoms with Gasteiger partial charge in [0, 0.05) is 45.8 Å². The van der Waals surface area contributed by atoms with Gasteiger partial charge in [-0.3, -0.25) is 0 Å². The Bertz CT molecular complexity index is 785. The van der Waals surface area contributed by atoms with Gasteiger partial charge in [0.2, 0.25) is 0 Å². The molecule has 0 aliphatic carbocycles. The molecule has 0 atom stereocenters. The number of hydrogen-bond donors (Lipinski definition) is 1. The smallest absolute Gasteiger partial charge is 0.0205 e. The first kappa shape index (κ1) is 26.2. The van der Waals surface area contributed by atoms with E-state index in [9.17, 15) is 0 Å². The van der Waals surface area contributed by atoms with E-state index in [-0.39, 0.29) is 0 Å². The number of hydrogen-bond acceptors (Lipinski definition) is 4. The van der Waals surface area contributed by atoms with Gasteiger partial charge in [-0.2, -0.15) is 0 Å². The minimum atomic E-state index is 0.759. The number of nitrogens with zero attached hydrogens (tertiary/aromatic N) is 3. The fourth-order valence-corrected chi connectivity index (χ4v) is 5.05. The van der Waals surface area contributed by atoms with Crippen molar-refractivity contribution in [3.8, 4) is 0 Å². The van der Waals surface area contributed by atoms with Crippen molar-refractivity contribution in [2.75, 3.05) is 65.4 Å². The van der Waals surface area contributed by atoms with E-state index in [1.54, 1.807) is 0 Å². The third-order valence-electron chi connectivity index (χ3n) is 6.63. The zero-order chi connectivity index (χ0) is 23.5. The topological polar surface area (TPSA) is 21.8 Å². The average molecular weight is 453 g/mol. The SMILES string of the molecule is CC(C)CN(CCCN1CCN(CCCNCc2ccc3ccccc3c2)CC1)CC(C)C. The monoisotopic (exact) mass is 452 g/mol. The fourth-order valence-electron chi connectivity index (χ4n) is 5.05. The Morgan fingerprint density at radius 3 is 2.03 bits per heavy atom. The first-order chi connectivity index (χ1) is 16.0. The zero-order valence-electron chi connectivity index (χ0n) is 21.7. The van der Waals surface area contributed by atoms with Gasteiger partial charge in [0.05, 0.1) is 0 Å².